The molecule has 0 saturated carbocycles. The fraction of sp³-hybridized carbons (Fsp3) is 0.356. The first kappa shape index (κ1) is 38.9. The van der Waals surface area contributed by atoms with Crippen LogP contribution in [0.2, 0.25) is 0 Å². The summed E-state index contributed by atoms with van der Waals surface area (Å²) < 4.78 is 0. The third-order valence-corrected chi connectivity index (χ3v) is 9.98. The van der Waals surface area contributed by atoms with Crippen LogP contribution >= 0.6 is 0 Å². The molecule has 1 N–H and O–H groups in total. The van der Waals surface area contributed by atoms with E-state index in [0.717, 1.165) is 60.9 Å². The summed E-state index contributed by atoms with van der Waals surface area (Å²) in [6, 6.07) is 31.9. The molecule has 1 aliphatic rings. The van der Waals surface area contributed by atoms with E-state index in [-0.39, 0.29) is 48.9 Å². The molecule has 6 rings (SSSR count). The molecule has 1 aliphatic carbocycles. The Morgan fingerprint density at radius 2 is 1.44 bits per heavy atom. The first-order valence-corrected chi connectivity index (χ1v) is 18.0. The Kier molecular flexibility index (Phi) is 13.5. The summed E-state index contributed by atoms with van der Waals surface area (Å²) in [6.45, 7) is 14.9. The third-order valence-electron chi connectivity index (χ3n) is 9.98. The molecule has 5 heteroatoms. The van der Waals surface area contributed by atoms with Crippen molar-refractivity contribution in [1.82, 2.24) is 9.97 Å². The van der Waals surface area contributed by atoms with Crippen molar-refractivity contribution in [2.24, 2.45) is 11.8 Å². The topological polar surface area (TPSA) is 63.1 Å². The molecule has 0 saturated heterocycles. The Morgan fingerprint density at radius 1 is 0.800 bits per heavy atom. The van der Waals surface area contributed by atoms with Crippen LogP contribution in [0.4, 0.5) is 0 Å². The summed E-state index contributed by atoms with van der Waals surface area (Å²) in [6.07, 6.45) is 8.54. The van der Waals surface area contributed by atoms with E-state index >= 15 is 0 Å². The van der Waals surface area contributed by atoms with E-state index in [1.165, 1.54) is 44.8 Å². The second-order valence-corrected chi connectivity index (χ2v) is 14.2. The molecule has 0 bridgehead atoms. The summed E-state index contributed by atoms with van der Waals surface area (Å²) in [4.78, 5) is 21.3. The molecule has 50 heavy (non-hydrogen) atoms. The van der Waals surface area contributed by atoms with Crippen LogP contribution in [-0.2, 0) is 43.2 Å². The van der Waals surface area contributed by atoms with Gasteiger partial charge in [-0.15, -0.1) is 29.1 Å². The summed E-state index contributed by atoms with van der Waals surface area (Å²) in [5.41, 5.74) is 10.8. The van der Waals surface area contributed by atoms with E-state index in [1.807, 2.05) is 27.7 Å². The molecule has 4 aromatic carbocycles. The van der Waals surface area contributed by atoms with E-state index in [2.05, 4.69) is 106 Å². The van der Waals surface area contributed by atoms with Gasteiger partial charge in [0.2, 0.25) is 0 Å². The van der Waals surface area contributed by atoms with Gasteiger partial charge in [0.1, 0.15) is 6.33 Å². The molecule has 263 valence electrons. The SMILES string of the molecule is CC(C)(C)c1cc(-c2ncnc3c2CCc2cc(-c4ccccc4)ccc2-3)[c-]c2ccccc12.CCC(CC)C(=O)/C=C(\O)C(CC)CC.[Ir]. The standard InChI is InChI=1S/C32H27N2.C13H24O2.Ir/c1-32(2,3)29-19-25(18-23-11-7-8-12-26(23)29)30-28-16-14-24-17-22(21-9-5-4-6-10-21)13-15-27(24)31(28)34-20-33-30;1-5-10(6-2)12(14)9-13(15)11(7-3)8-4;/h4-13,15,17,19-20H,14,16H2,1-3H3;9-11,14H,5-8H2,1-4H3;/q-1;;/b;12-9-;. The monoisotopic (exact) mass is 844 g/mol. The second kappa shape index (κ2) is 17.3. The van der Waals surface area contributed by atoms with Crippen LogP contribution in [0.5, 0.6) is 0 Å². The molecule has 0 aliphatic heterocycles. The van der Waals surface area contributed by atoms with E-state index < -0.39 is 0 Å². The van der Waals surface area contributed by atoms with Gasteiger partial charge in [0.05, 0.1) is 11.5 Å². The van der Waals surface area contributed by atoms with Crippen molar-refractivity contribution in [1.29, 1.82) is 0 Å². The Hall–Kier alpha value is -3.92. The van der Waals surface area contributed by atoms with Crippen LogP contribution in [0.25, 0.3) is 44.4 Å². The van der Waals surface area contributed by atoms with Crippen LogP contribution in [0.3, 0.4) is 0 Å². The zero-order valence-corrected chi connectivity index (χ0v) is 33.0. The van der Waals surface area contributed by atoms with Gasteiger partial charge in [-0.2, -0.15) is 0 Å². The van der Waals surface area contributed by atoms with Gasteiger partial charge in [0.25, 0.3) is 0 Å². The fourth-order valence-corrected chi connectivity index (χ4v) is 6.97. The van der Waals surface area contributed by atoms with E-state index in [4.69, 9.17) is 9.97 Å². The number of aliphatic hydroxyl groups excluding tert-OH is 1. The Balaban J connectivity index is 0.000000301. The average Bonchev–Trinajstić information content (AvgIpc) is 3.11. The zero-order chi connectivity index (χ0) is 35.1. The van der Waals surface area contributed by atoms with Crippen molar-refractivity contribution in [2.45, 2.75) is 92.4 Å². The maximum atomic E-state index is 11.7. The summed E-state index contributed by atoms with van der Waals surface area (Å²) in [5, 5.41) is 12.2. The number of nitrogens with zero attached hydrogens (tertiary/aromatic N) is 2. The molecule has 4 nitrogen and oxygen atoms in total. The summed E-state index contributed by atoms with van der Waals surface area (Å²) in [5.74, 6) is 0.547. The fourth-order valence-electron chi connectivity index (χ4n) is 6.97. The van der Waals surface area contributed by atoms with Gasteiger partial charge in [-0.05, 0) is 66.2 Å². The normalized spacial score (nSPS) is 12.5. The molecule has 0 fully saturated rings. The summed E-state index contributed by atoms with van der Waals surface area (Å²) >= 11 is 0. The molecule has 1 aromatic heterocycles. The van der Waals surface area contributed by atoms with Crippen LogP contribution < -0.4 is 0 Å². The minimum absolute atomic E-state index is 0. The smallest absolute Gasteiger partial charge is 0.162 e. The number of ketones is 1. The molecule has 1 heterocycles. The molecule has 5 aromatic rings. The third kappa shape index (κ3) is 8.68. The van der Waals surface area contributed by atoms with Gasteiger partial charge in [-0.25, -0.2) is 4.98 Å². The van der Waals surface area contributed by atoms with E-state index in [9.17, 15) is 9.90 Å². The summed E-state index contributed by atoms with van der Waals surface area (Å²) in [7, 11) is 0. The van der Waals surface area contributed by atoms with E-state index in [1.54, 1.807) is 6.33 Å². The molecule has 1 radical (unpaired) electrons. The minimum atomic E-state index is 0. The second-order valence-electron chi connectivity index (χ2n) is 14.2. The van der Waals surface area contributed by atoms with Gasteiger partial charge >= 0.3 is 0 Å². The average molecular weight is 844 g/mol. The predicted molar refractivity (Wildman–Crippen MR) is 205 cm³/mol. The van der Waals surface area contributed by atoms with Crippen LogP contribution in [0.15, 0.2) is 97.0 Å². The van der Waals surface area contributed by atoms with Gasteiger partial charge < -0.3 is 5.11 Å². The molecule has 0 unspecified atom stereocenters. The first-order valence-electron chi connectivity index (χ1n) is 18.0. The Labute approximate surface area is 312 Å². The Bertz CT molecular complexity index is 1930. The number of hydrogen-bond donors (Lipinski definition) is 1. The number of aromatic nitrogens is 2. The Morgan fingerprint density at radius 3 is 2.10 bits per heavy atom. The van der Waals surface area contributed by atoms with Crippen molar-refractivity contribution >= 4 is 16.6 Å². The number of aryl methyl sites for hydroxylation is 1. The zero-order valence-electron chi connectivity index (χ0n) is 30.6. The number of hydrogen-bond acceptors (Lipinski definition) is 4. The molecular weight excluding hydrogens is 793 g/mol. The van der Waals surface area contributed by atoms with Crippen molar-refractivity contribution < 1.29 is 30.0 Å². The number of rotatable bonds is 9. The van der Waals surface area contributed by atoms with E-state index in [0.29, 0.717) is 0 Å². The maximum Gasteiger partial charge on any atom is 0.162 e. The molecule has 0 spiro atoms. The maximum absolute atomic E-state index is 11.7. The molecule has 0 atom stereocenters. The number of allylic oxidation sites excluding steroid dienone is 2. The number of aliphatic hydroxyl groups is 1. The number of carbonyl (C=O) groups excluding carboxylic acids is 1. The van der Waals surface area contributed by atoms with Crippen LogP contribution in [0.1, 0.15) is 90.8 Å². The van der Waals surface area contributed by atoms with Gasteiger partial charge in [0.15, 0.2) is 5.78 Å². The predicted octanol–water partition coefficient (Wildman–Crippen LogP) is 11.7. The van der Waals surface area contributed by atoms with Crippen LogP contribution in [-0.4, -0.2) is 20.9 Å². The quantitative estimate of drug-likeness (QED) is 0.0912. The van der Waals surface area contributed by atoms with Crippen molar-refractivity contribution in [3.05, 3.63) is 120 Å². The van der Waals surface area contributed by atoms with Crippen molar-refractivity contribution in [2.75, 3.05) is 0 Å². The van der Waals surface area contributed by atoms with Gasteiger partial charge in [-0.3, -0.25) is 9.78 Å². The first-order chi connectivity index (χ1) is 23.6. The largest absolute Gasteiger partial charge is 0.512 e. The van der Waals surface area contributed by atoms with Crippen molar-refractivity contribution in [3.8, 4) is 33.6 Å². The van der Waals surface area contributed by atoms with Gasteiger partial charge in [0, 0.05) is 49.3 Å². The number of benzene rings is 4. The molecular formula is C45H51IrN2O2-. The van der Waals surface area contributed by atoms with Crippen LogP contribution in [0, 0.1) is 17.9 Å². The molecule has 0 amide bonds. The van der Waals surface area contributed by atoms with Crippen molar-refractivity contribution in [3.63, 3.8) is 0 Å². The minimum Gasteiger partial charge on any atom is -0.512 e. The van der Waals surface area contributed by atoms with Gasteiger partial charge in [-0.1, -0.05) is 126 Å². The number of carbonyl (C=O) groups is 1. The number of fused-ring (bicyclic) bond motifs is 4.